The Kier molecular flexibility index (Phi) is 7.92. The molecule has 2 N–H and O–H groups in total. The summed E-state index contributed by atoms with van der Waals surface area (Å²) in [4.78, 5) is 22.7. The third-order valence-electron chi connectivity index (χ3n) is 4.23. The summed E-state index contributed by atoms with van der Waals surface area (Å²) in [6.07, 6.45) is 0. The van der Waals surface area contributed by atoms with Crippen molar-refractivity contribution in [1.82, 2.24) is 10.8 Å². The predicted octanol–water partition coefficient (Wildman–Crippen LogP) is 3.67. The largest absolute Gasteiger partial charge is 0.391 e. The molecule has 0 aliphatic heterocycles. The van der Waals surface area contributed by atoms with Crippen molar-refractivity contribution >= 4 is 23.2 Å². The van der Waals surface area contributed by atoms with Crippen LogP contribution in [0, 0.1) is 12.7 Å². The number of amides is 1. The van der Waals surface area contributed by atoms with Gasteiger partial charge in [0.15, 0.2) is 0 Å². The second-order valence-corrected chi connectivity index (χ2v) is 6.49. The van der Waals surface area contributed by atoms with Crippen LogP contribution < -0.4 is 10.8 Å². The van der Waals surface area contributed by atoms with E-state index in [1.807, 2.05) is 25.1 Å². The summed E-state index contributed by atoms with van der Waals surface area (Å²) in [5.41, 5.74) is 6.26. The van der Waals surface area contributed by atoms with E-state index in [0.29, 0.717) is 16.8 Å². The van der Waals surface area contributed by atoms with Crippen molar-refractivity contribution in [1.29, 1.82) is 0 Å². The Morgan fingerprint density at radius 2 is 2.07 bits per heavy atom. The van der Waals surface area contributed by atoms with Crippen LogP contribution in [0.5, 0.6) is 0 Å². The summed E-state index contributed by atoms with van der Waals surface area (Å²) in [6.45, 7) is 3.78. The van der Waals surface area contributed by atoms with Crippen LogP contribution in [-0.2, 0) is 21.1 Å². The number of hydrogen-bond acceptors (Lipinski definition) is 5. The first-order valence-corrected chi connectivity index (χ1v) is 8.97. The fourth-order valence-corrected chi connectivity index (χ4v) is 3.04. The van der Waals surface area contributed by atoms with Gasteiger partial charge in [-0.15, -0.1) is 0 Å². The standard InChI is InChI=1S/C20H23ClFN3O3/c1-12-6-5-7-16(19(25-27-4)20(26)23-3)17(12)11-28-24-13(2)15-9-8-14(22)10-18(15)21/h5-10,19,25H,11H2,1-4H3,(H,23,26)/b24-13+. The maximum atomic E-state index is 13.2. The minimum absolute atomic E-state index is 0.136. The number of hydrogen-bond donors (Lipinski definition) is 2. The number of halogens is 2. The summed E-state index contributed by atoms with van der Waals surface area (Å²) in [5, 5.41) is 6.95. The predicted molar refractivity (Wildman–Crippen MR) is 107 cm³/mol. The summed E-state index contributed by atoms with van der Waals surface area (Å²) in [5.74, 6) is -0.663. The van der Waals surface area contributed by atoms with Gasteiger partial charge in [-0.05, 0) is 43.2 Å². The Hall–Kier alpha value is -2.48. The Balaban J connectivity index is 2.25. The Morgan fingerprint density at radius 3 is 2.71 bits per heavy atom. The van der Waals surface area contributed by atoms with Gasteiger partial charge in [0.1, 0.15) is 18.5 Å². The molecule has 2 aromatic rings. The van der Waals surface area contributed by atoms with E-state index in [1.165, 1.54) is 19.2 Å². The molecule has 1 unspecified atom stereocenters. The lowest BCUT2D eigenvalue weighted by Crippen LogP contribution is -2.36. The lowest BCUT2D eigenvalue weighted by molar-refractivity contribution is -0.126. The first kappa shape index (κ1) is 21.8. The molecule has 1 amide bonds. The number of carbonyl (C=O) groups excluding carboxylic acids is 1. The molecule has 0 saturated carbocycles. The van der Waals surface area contributed by atoms with Crippen LogP contribution in [0.15, 0.2) is 41.6 Å². The van der Waals surface area contributed by atoms with Crippen molar-refractivity contribution in [3.63, 3.8) is 0 Å². The Bertz CT molecular complexity index is 874. The van der Waals surface area contributed by atoms with E-state index in [2.05, 4.69) is 16.0 Å². The SMILES string of the molecule is CNC(=O)C(NOC)c1cccc(C)c1CO/N=C(\C)c1ccc(F)cc1Cl. The second-order valence-electron chi connectivity index (χ2n) is 6.09. The minimum atomic E-state index is -0.704. The number of oxime groups is 1. The first-order valence-electron chi connectivity index (χ1n) is 8.59. The van der Waals surface area contributed by atoms with Crippen molar-refractivity contribution in [2.45, 2.75) is 26.5 Å². The Labute approximate surface area is 168 Å². The van der Waals surface area contributed by atoms with Crippen LogP contribution in [0.2, 0.25) is 5.02 Å². The van der Waals surface area contributed by atoms with Crippen molar-refractivity contribution in [3.05, 3.63) is 69.5 Å². The normalized spacial score (nSPS) is 12.6. The van der Waals surface area contributed by atoms with E-state index in [1.54, 1.807) is 20.0 Å². The maximum Gasteiger partial charge on any atom is 0.243 e. The van der Waals surface area contributed by atoms with Gasteiger partial charge < -0.3 is 15.0 Å². The zero-order chi connectivity index (χ0) is 20.7. The van der Waals surface area contributed by atoms with Crippen LogP contribution in [0.4, 0.5) is 4.39 Å². The minimum Gasteiger partial charge on any atom is -0.391 e. The van der Waals surface area contributed by atoms with E-state index in [-0.39, 0.29) is 17.5 Å². The highest BCUT2D eigenvalue weighted by atomic mass is 35.5. The van der Waals surface area contributed by atoms with Gasteiger partial charge in [-0.2, -0.15) is 5.48 Å². The molecular weight excluding hydrogens is 385 g/mol. The zero-order valence-corrected chi connectivity index (χ0v) is 16.9. The van der Waals surface area contributed by atoms with Gasteiger partial charge in [0, 0.05) is 18.2 Å². The van der Waals surface area contributed by atoms with Crippen LogP contribution in [0.3, 0.4) is 0 Å². The second kappa shape index (κ2) is 10.2. The monoisotopic (exact) mass is 407 g/mol. The molecule has 0 aliphatic carbocycles. The average molecular weight is 408 g/mol. The maximum absolute atomic E-state index is 13.2. The summed E-state index contributed by atoms with van der Waals surface area (Å²) < 4.78 is 13.2. The number of hydroxylamine groups is 1. The van der Waals surface area contributed by atoms with Crippen LogP contribution in [-0.4, -0.2) is 25.8 Å². The number of aryl methyl sites for hydroxylation is 1. The molecule has 0 spiro atoms. The molecule has 0 aromatic heterocycles. The van der Waals surface area contributed by atoms with Crippen LogP contribution in [0.25, 0.3) is 0 Å². The van der Waals surface area contributed by atoms with Gasteiger partial charge >= 0.3 is 0 Å². The topological polar surface area (TPSA) is 72.0 Å². The molecule has 2 aromatic carbocycles. The van der Waals surface area contributed by atoms with Gasteiger partial charge in [-0.25, -0.2) is 4.39 Å². The van der Waals surface area contributed by atoms with Crippen LogP contribution in [0.1, 0.15) is 35.2 Å². The molecule has 0 saturated heterocycles. The van der Waals surface area contributed by atoms with Crippen molar-refractivity contribution in [2.24, 2.45) is 5.16 Å². The fourth-order valence-electron chi connectivity index (χ4n) is 2.74. The van der Waals surface area contributed by atoms with Crippen molar-refractivity contribution < 1.29 is 18.9 Å². The zero-order valence-electron chi connectivity index (χ0n) is 16.2. The summed E-state index contributed by atoms with van der Waals surface area (Å²) in [7, 11) is 3.00. The molecular formula is C20H23ClFN3O3. The van der Waals surface area contributed by atoms with Gasteiger partial charge in [-0.3, -0.25) is 4.79 Å². The van der Waals surface area contributed by atoms with Gasteiger partial charge in [-0.1, -0.05) is 35.0 Å². The third kappa shape index (κ3) is 5.28. The van der Waals surface area contributed by atoms with E-state index in [0.717, 1.165) is 11.1 Å². The first-order chi connectivity index (χ1) is 13.4. The number of rotatable bonds is 8. The van der Waals surface area contributed by atoms with E-state index >= 15 is 0 Å². The van der Waals surface area contributed by atoms with Gasteiger partial charge in [0.25, 0.3) is 0 Å². The molecule has 28 heavy (non-hydrogen) atoms. The molecule has 0 bridgehead atoms. The highest BCUT2D eigenvalue weighted by Crippen LogP contribution is 2.23. The van der Waals surface area contributed by atoms with E-state index < -0.39 is 11.9 Å². The van der Waals surface area contributed by atoms with E-state index in [9.17, 15) is 9.18 Å². The quantitative estimate of drug-likeness (QED) is 0.517. The number of nitrogens with zero attached hydrogens (tertiary/aromatic N) is 1. The number of carbonyl (C=O) groups is 1. The molecule has 2 rings (SSSR count). The molecule has 8 heteroatoms. The Morgan fingerprint density at radius 1 is 1.32 bits per heavy atom. The van der Waals surface area contributed by atoms with Crippen LogP contribution >= 0.6 is 11.6 Å². The highest BCUT2D eigenvalue weighted by molar-refractivity contribution is 6.34. The third-order valence-corrected chi connectivity index (χ3v) is 4.55. The molecule has 6 nitrogen and oxygen atoms in total. The van der Waals surface area contributed by atoms with Crippen molar-refractivity contribution in [2.75, 3.05) is 14.2 Å². The molecule has 0 fully saturated rings. The molecule has 0 radical (unpaired) electrons. The number of benzene rings is 2. The van der Waals surface area contributed by atoms with E-state index in [4.69, 9.17) is 21.3 Å². The average Bonchev–Trinajstić information content (AvgIpc) is 2.66. The van der Waals surface area contributed by atoms with Gasteiger partial charge in [0.2, 0.25) is 5.91 Å². The van der Waals surface area contributed by atoms with Gasteiger partial charge in [0.05, 0.1) is 17.8 Å². The molecule has 150 valence electrons. The lowest BCUT2D eigenvalue weighted by atomic mass is 9.96. The summed E-state index contributed by atoms with van der Waals surface area (Å²) >= 11 is 6.05. The molecule has 0 aliphatic rings. The number of likely N-dealkylation sites (N-methyl/N-ethyl adjacent to an activating group) is 1. The smallest absolute Gasteiger partial charge is 0.243 e. The highest BCUT2D eigenvalue weighted by Gasteiger charge is 2.23. The van der Waals surface area contributed by atoms with Crippen molar-refractivity contribution in [3.8, 4) is 0 Å². The molecule has 1 atom stereocenters. The fraction of sp³-hybridized carbons (Fsp3) is 0.300. The summed E-state index contributed by atoms with van der Waals surface area (Å²) in [6, 6.07) is 8.97. The lowest BCUT2D eigenvalue weighted by Gasteiger charge is -2.20. The molecule has 0 heterocycles. The number of nitrogens with one attached hydrogen (secondary N) is 2.